The van der Waals surface area contributed by atoms with E-state index in [2.05, 4.69) is 27.8 Å². The predicted molar refractivity (Wildman–Crippen MR) is 136 cm³/mol. The van der Waals surface area contributed by atoms with Gasteiger partial charge in [0.05, 0.1) is 5.69 Å². The number of nitrogens with one attached hydrogen (secondary N) is 2. The number of rotatable bonds is 10. The second kappa shape index (κ2) is 10.7. The van der Waals surface area contributed by atoms with Gasteiger partial charge in [0.1, 0.15) is 12.4 Å². The van der Waals surface area contributed by atoms with Crippen LogP contribution < -0.4 is 15.4 Å². The van der Waals surface area contributed by atoms with E-state index in [9.17, 15) is 4.79 Å². The molecule has 5 nitrogen and oxygen atoms in total. The molecule has 0 radical (unpaired) electrons. The van der Waals surface area contributed by atoms with Gasteiger partial charge in [-0.3, -0.25) is 9.78 Å². The highest BCUT2D eigenvalue weighted by Gasteiger charge is 2.27. The monoisotopic (exact) mass is 455 g/mol. The zero-order valence-corrected chi connectivity index (χ0v) is 19.6. The molecule has 0 spiro atoms. The Morgan fingerprint density at radius 2 is 1.85 bits per heavy atom. The maximum Gasteiger partial charge on any atom is 0.251 e. The average Bonchev–Trinajstić information content (AvgIpc) is 3.59. The van der Waals surface area contributed by atoms with Crippen molar-refractivity contribution in [3.05, 3.63) is 83.7 Å². The summed E-state index contributed by atoms with van der Waals surface area (Å²) in [4.78, 5) is 17.0. The molecule has 2 aromatic carbocycles. The number of carbonyl (C=O) groups excluding carboxylic acids is 1. The van der Waals surface area contributed by atoms with Crippen LogP contribution in [-0.4, -0.2) is 17.4 Å². The van der Waals surface area contributed by atoms with E-state index in [4.69, 9.17) is 4.74 Å². The van der Waals surface area contributed by atoms with Crippen LogP contribution in [0.25, 0.3) is 0 Å². The van der Waals surface area contributed by atoms with Crippen LogP contribution in [0.1, 0.15) is 72.5 Å². The molecule has 0 saturated heterocycles. The van der Waals surface area contributed by atoms with Crippen molar-refractivity contribution >= 4 is 17.3 Å². The molecule has 176 valence electrons. The molecule has 5 rings (SSSR count). The average molecular weight is 456 g/mol. The van der Waals surface area contributed by atoms with Crippen LogP contribution in [0, 0.1) is 5.92 Å². The normalized spacial score (nSPS) is 15.8. The number of nitrogens with zero attached hydrogens (tertiary/aromatic N) is 1. The highest BCUT2D eigenvalue weighted by molar-refractivity contribution is 5.95. The number of hydrogen-bond acceptors (Lipinski definition) is 4. The molecule has 0 aliphatic heterocycles. The number of carbonyl (C=O) groups is 1. The maximum atomic E-state index is 12.7. The van der Waals surface area contributed by atoms with Crippen LogP contribution >= 0.6 is 0 Å². The molecule has 0 unspecified atom stereocenters. The molecular formula is C29H33N3O2. The molecule has 2 N–H and O–H groups in total. The Labute approximate surface area is 202 Å². The molecule has 2 aliphatic rings. The van der Waals surface area contributed by atoms with Crippen LogP contribution in [0.2, 0.25) is 0 Å². The van der Waals surface area contributed by atoms with Gasteiger partial charge in [0.25, 0.3) is 5.91 Å². The minimum Gasteiger partial charge on any atom is -0.487 e. The van der Waals surface area contributed by atoms with Crippen LogP contribution in [0.3, 0.4) is 0 Å². The van der Waals surface area contributed by atoms with Gasteiger partial charge in [0, 0.05) is 29.7 Å². The maximum absolute atomic E-state index is 12.7. The number of aromatic nitrogens is 1. The molecule has 2 fully saturated rings. The Morgan fingerprint density at radius 3 is 2.65 bits per heavy atom. The number of amides is 1. The molecule has 1 heterocycles. The molecule has 0 atom stereocenters. The van der Waals surface area contributed by atoms with Crippen molar-refractivity contribution in [2.75, 3.05) is 11.9 Å². The third-order valence-corrected chi connectivity index (χ3v) is 6.87. The highest BCUT2D eigenvalue weighted by atomic mass is 16.5. The van der Waals surface area contributed by atoms with Crippen molar-refractivity contribution < 1.29 is 9.53 Å². The van der Waals surface area contributed by atoms with E-state index < -0.39 is 0 Å². The van der Waals surface area contributed by atoms with Crippen LogP contribution in [-0.2, 0) is 6.61 Å². The number of anilines is 2. The molecule has 1 aromatic heterocycles. The van der Waals surface area contributed by atoms with Crippen molar-refractivity contribution in [2.24, 2.45) is 5.92 Å². The fourth-order valence-corrected chi connectivity index (χ4v) is 4.80. The third-order valence-electron chi connectivity index (χ3n) is 6.87. The minimum absolute atomic E-state index is 0.00216. The lowest BCUT2D eigenvalue weighted by atomic mass is 10.0. The van der Waals surface area contributed by atoms with Gasteiger partial charge >= 0.3 is 0 Å². The summed E-state index contributed by atoms with van der Waals surface area (Å²) in [7, 11) is 0. The Kier molecular flexibility index (Phi) is 7.08. The van der Waals surface area contributed by atoms with Crippen molar-refractivity contribution in [3.8, 4) is 5.75 Å². The second-order valence-electron chi connectivity index (χ2n) is 9.53. The van der Waals surface area contributed by atoms with Crippen molar-refractivity contribution in [1.82, 2.24) is 10.3 Å². The summed E-state index contributed by atoms with van der Waals surface area (Å²) in [5.74, 6) is 2.20. The van der Waals surface area contributed by atoms with E-state index in [0.29, 0.717) is 18.1 Å². The molecule has 3 aromatic rings. The lowest BCUT2D eigenvalue weighted by molar-refractivity contribution is 0.0951. The Morgan fingerprint density at radius 1 is 0.971 bits per heavy atom. The van der Waals surface area contributed by atoms with E-state index in [-0.39, 0.29) is 5.91 Å². The first kappa shape index (κ1) is 22.5. The number of hydrogen-bond donors (Lipinski definition) is 2. The fraction of sp³-hybridized carbons (Fsp3) is 0.379. The lowest BCUT2D eigenvalue weighted by Gasteiger charge is -2.15. The van der Waals surface area contributed by atoms with Crippen LogP contribution in [0.4, 0.5) is 11.4 Å². The molecule has 1 amide bonds. The topological polar surface area (TPSA) is 63.2 Å². The third kappa shape index (κ3) is 5.96. The Hall–Kier alpha value is -3.34. The van der Waals surface area contributed by atoms with Crippen molar-refractivity contribution in [3.63, 3.8) is 0 Å². The first-order valence-electron chi connectivity index (χ1n) is 12.6. The predicted octanol–water partition coefficient (Wildman–Crippen LogP) is 6.59. The van der Waals surface area contributed by atoms with Gasteiger partial charge < -0.3 is 15.4 Å². The molecule has 0 bridgehead atoms. The summed E-state index contributed by atoms with van der Waals surface area (Å²) in [5.41, 5.74) is 4.87. The van der Waals surface area contributed by atoms with E-state index in [1.807, 2.05) is 48.5 Å². The summed E-state index contributed by atoms with van der Waals surface area (Å²) < 4.78 is 6.00. The van der Waals surface area contributed by atoms with E-state index >= 15 is 0 Å². The molecular weight excluding hydrogens is 422 g/mol. The molecule has 5 heteroatoms. The molecule has 34 heavy (non-hydrogen) atoms. The van der Waals surface area contributed by atoms with Crippen molar-refractivity contribution in [2.45, 2.75) is 57.5 Å². The quantitative estimate of drug-likeness (QED) is 0.362. The first-order chi connectivity index (χ1) is 16.7. The Balaban J connectivity index is 1.22. The van der Waals surface area contributed by atoms with E-state index in [0.717, 1.165) is 41.7 Å². The first-order valence-corrected chi connectivity index (χ1v) is 12.6. The summed E-state index contributed by atoms with van der Waals surface area (Å²) >= 11 is 0. The Bertz CT molecular complexity index is 1110. The van der Waals surface area contributed by atoms with E-state index in [1.165, 1.54) is 44.1 Å². The van der Waals surface area contributed by atoms with E-state index in [1.54, 1.807) is 6.20 Å². The summed E-state index contributed by atoms with van der Waals surface area (Å²) in [6.45, 7) is 1.21. The number of pyridine rings is 1. The second-order valence-corrected chi connectivity index (χ2v) is 9.53. The van der Waals surface area contributed by atoms with Crippen LogP contribution in [0.5, 0.6) is 5.75 Å². The van der Waals surface area contributed by atoms with Gasteiger partial charge in [0.2, 0.25) is 0 Å². The van der Waals surface area contributed by atoms with Gasteiger partial charge in [-0.05, 0) is 85.2 Å². The molecule has 2 saturated carbocycles. The summed E-state index contributed by atoms with van der Waals surface area (Å²) in [5, 5.41) is 6.65. The smallest absolute Gasteiger partial charge is 0.251 e. The van der Waals surface area contributed by atoms with Gasteiger partial charge in [-0.15, -0.1) is 0 Å². The zero-order chi connectivity index (χ0) is 23.2. The summed E-state index contributed by atoms with van der Waals surface area (Å²) in [6.07, 6.45) is 10.6. The SMILES string of the molecule is O=C(NCCC1CCCC1)c1cccc(Nc2ccc(OCc3ccccn3)cc2C2CC2)c1. The van der Waals surface area contributed by atoms with Gasteiger partial charge in [0.15, 0.2) is 0 Å². The fourth-order valence-electron chi connectivity index (χ4n) is 4.80. The standard InChI is InChI=1S/C29H33N3O2/c33-29(31-17-15-21-6-1-2-7-21)23-8-5-10-24(18-23)32-28-14-13-26(19-27(28)22-11-12-22)34-20-25-9-3-4-16-30-25/h3-5,8-10,13-14,16,18-19,21-22,32H,1-2,6-7,11-12,15,17,20H2,(H,31,33). The van der Waals surface area contributed by atoms with Gasteiger partial charge in [-0.25, -0.2) is 0 Å². The number of ether oxygens (including phenoxy) is 1. The van der Waals surface area contributed by atoms with Gasteiger partial charge in [-0.2, -0.15) is 0 Å². The highest BCUT2D eigenvalue weighted by Crippen LogP contribution is 2.45. The lowest BCUT2D eigenvalue weighted by Crippen LogP contribution is -2.25. The molecule has 2 aliphatic carbocycles. The van der Waals surface area contributed by atoms with Crippen molar-refractivity contribution in [1.29, 1.82) is 0 Å². The van der Waals surface area contributed by atoms with Gasteiger partial charge in [-0.1, -0.05) is 37.8 Å². The largest absolute Gasteiger partial charge is 0.487 e. The summed E-state index contributed by atoms with van der Waals surface area (Å²) in [6, 6.07) is 19.8. The zero-order valence-electron chi connectivity index (χ0n) is 19.6. The number of benzene rings is 2. The minimum atomic E-state index is 0.00216. The van der Waals surface area contributed by atoms with Crippen LogP contribution in [0.15, 0.2) is 66.9 Å².